The third-order valence-electron chi connectivity index (χ3n) is 5.12. The Balaban J connectivity index is 2.19. The van der Waals surface area contributed by atoms with Crippen LogP contribution in [0.25, 0.3) is 0 Å². The summed E-state index contributed by atoms with van der Waals surface area (Å²) >= 11 is 0. The van der Waals surface area contributed by atoms with E-state index in [1.54, 1.807) is 18.7 Å². The van der Waals surface area contributed by atoms with Crippen LogP contribution in [0.4, 0.5) is 4.39 Å². The number of carbonyl (C=O) groups is 2. The summed E-state index contributed by atoms with van der Waals surface area (Å²) in [5.74, 6) is -2.49. The maximum absolute atomic E-state index is 14.3. The van der Waals surface area contributed by atoms with Crippen molar-refractivity contribution in [3.8, 4) is 0 Å². The smallest absolute Gasteiger partial charge is 0.341 e. The Morgan fingerprint density at radius 1 is 1.00 bits per heavy atom. The Hall–Kier alpha value is -2.78. The van der Waals surface area contributed by atoms with E-state index < -0.39 is 45.4 Å². The Bertz CT molecular complexity index is 1080. The number of hydrogen-bond acceptors (Lipinski definition) is 5. The van der Waals surface area contributed by atoms with Gasteiger partial charge in [-0.25, -0.2) is 17.6 Å². The van der Waals surface area contributed by atoms with E-state index in [0.717, 1.165) is 23.8 Å². The minimum absolute atomic E-state index is 0.216. The van der Waals surface area contributed by atoms with Gasteiger partial charge in [-0.05, 0) is 44.5 Å². The van der Waals surface area contributed by atoms with E-state index in [-0.39, 0.29) is 18.0 Å². The van der Waals surface area contributed by atoms with Crippen molar-refractivity contribution in [1.29, 1.82) is 0 Å². The molecule has 0 aliphatic heterocycles. The third-order valence-corrected chi connectivity index (χ3v) is 7.17. The second kappa shape index (κ2) is 10.9. The molecule has 0 saturated heterocycles. The molecule has 0 bridgehead atoms. The lowest BCUT2D eigenvalue weighted by Crippen LogP contribution is -2.46. The van der Waals surface area contributed by atoms with E-state index in [2.05, 4.69) is 0 Å². The lowest BCUT2D eigenvalue weighted by molar-refractivity contribution is -0.140. The summed E-state index contributed by atoms with van der Waals surface area (Å²) in [6, 6.07) is 12.3. The number of ether oxygens (including phenoxy) is 1. The Morgan fingerprint density at radius 3 is 2.15 bits per heavy atom. The zero-order chi connectivity index (χ0) is 24.8. The predicted molar refractivity (Wildman–Crippen MR) is 124 cm³/mol. The summed E-state index contributed by atoms with van der Waals surface area (Å²) in [7, 11) is -3.89. The third kappa shape index (κ3) is 6.61. The van der Waals surface area contributed by atoms with Crippen molar-refractivity contribution in [1.82, 2.24) is 9.21 Å². The highest BCUT2D eigenvalue weighted by Crippen LogP contribution is 2.21. The van der Waals surface area contributed by atoms with Gasteiger partial charge < -0.3 is 9.64 Å². The minimum atomic E-state index is -3.89. The lowest BCUT2D eigenvalue weighted by Gasteiger charge is -2.35. The summed E-state index contributed by atoms with van der Waals surface area (Å²) < 4.78 is 46.0. The van der Waals surface area contributed by atoms with Crippen LogP contribution < -0.4 is 0 Å². The van der Waals surface area contributed by atoms with Crippen molar-refractivity contribution in [2.75, 3.05) is 19.7 Å². The molecule has 33 heavy (non-hydrogen) atoms. The van der Waals surface area contributed by atoms with E-state index in [9.17, 15) is 22.4 Å². The van der Waals surface area contributed by atoms with Gasteiger partial charge in [-0.1, -0.05) is 44.2 Å². The standard InChI is InChI=1S/C24H31FN2O5S/c1-6-26(7-2)33(30,31)19-13-14-21(25)20(15-19)23(29)32-17-22(28)27(24(3,4)5)16-18-11-9-8-10-12-18/h8-15H,6-7,16-17H2,1-5H3. The molecule has 1 amide bonds. The first-order valence-electron chi connectivity index (χ1n) is 10.7. The fraction of sp³-hybridized carbons (Fsp3) is 0.417. The van der Waals surface area contributed by atoms with Crippen molar-refractivity contribution < 1.29 is 27.1 Å². The molecular weight excluding hydrogens is 447 g/mol. The lowest BCUT2D eigenvalue weighted by atomic mass is 10.0. The number of halogens is 1. The van der Waals surface area contributed by atoms with E-state index in [1.807, 2.05) is 51.1 Å². The molecule has 0 saturated carbocycles. The van der Waals surface area contributed by atoms with Gasteiger partial charge in [0.2, 0.25) is 10.0 Å². The van der Waals surface area contributed by atoms with Gasteiger partial charge in [0.25, 0.3) is 5.91 Å². The normalized spacial score (nSPS) is 12.0. The Kier molecular flexibility index (Phi) is 8.74. The fourth-order valence-electron chi connectivity index (χ4n) is 3.28. The highest BCUT2D eigenvalue weighted by atomic mass is 32.2. The summed E-state index contributed by atoms with van der Waals surface area (Å²) in [5.41, 5.74) is -0.184. The first-order valence-corrected chi connectivity index (χ1v) is 12.2. The van der Waals surface area contributed by atoms with Crippen LogP contribution in [0, 0.1) is 5.82 Å². The molecule has 9 heteroatoms. The SMILES string of the molecule is CCN(CC)S(=O)(=O)c1ccc(F)c(C(=O)OCC(=O)N(Cc2ccccc2)C(C)(C)C)c1. The van der Waals surface area contributed by atoms with Crippen molar-refractivity contribution in [2.45, 2.75) is 51.6 Å². The second-order valence-electron chi connectivity index (χ2n) is 8.44. The molecular formula is C24H31FN2O5S. The van der Waals surface area contributed by atoms with Gasteiger partial charge >= 0.3 is 5.97 Å². The number of nitrogens with zero attached hydrogens (tertiary/aromatic N) is 2. The van der Waals surface area contributed by atoms with Gasteiger partial charge in [-0.15, -0.1) is 0 Å². The summed E-state index contributed by atoms with van der Waals surface area (Å²) in [4.78, 5) is 26.8. The summed E-state index contributed by atoms with van der Waals surface area (Å²) in [6.07, 6.45) is 0. The Morgan fingerprint density at radius 2 is 1.61 bits per heavy atom. The summed E-state index contributed by atoms with van der Waals surface area (Å²) in [6.45, 7) is 9.11. The van der Waals surface area contributed by atoms with Crippen molar-refractivity contribution in [3.05, 3.63) is 65.5 Å². The van der Waals surface area contributed by atoms with Crippen molar-refractivity contribution in [2.24, 2.45) is 0 Å². The van der Waals surface area contributed by atoms with E-state index in [1.165, 1.54) is 4.31 Å². The second-order valence-corrected chi connectivity index (χ2v) is 10.4. The van der Waals surface area contributed by atoms with Gasteiger partial charge in [-0.3, -0.25) is 4.79 Å². The van der Waals surface area contributed by atoms with Gasteiger partial charge in [0.15, 0.2) is 6.61 Å². The predicted octanol–water partition coefficient (Wildman–Crippen LogP) is 3.84. The van der Waals surface area contributed by atoms with E-state index in [4.69, 9.17) is 4.74 Å². The molecule has 180 valence electrons. The molecule has 2 aromatic carbocycles. The van der Waals surface area contributed by atoms with Gasteiger partial charge in [0.1, 0.15) is 5.82 Å². The number of rotatable bonds is 9. The van der Waals surface area contributed by atoms with Crippen LogP contribution in [0.3, 0.4) is 0 Å². The zero-order valence-electron chi connectivity index (χ0n) is 19.7. The largest absolute Gasteiger partial charge is 0.452 e. The van der Waals surface area contributed by atoms with Crippen molar-refractivity contribution >= 4 is 21.9 Å². The van der Waals surface area contributed by atoms with E-state index >= 15 is 0 Å². The summed E-state index contributed by atoms with van der Waals surface area (Å²) in [5, 5.41) is 0. The molecule has 2 aromatic rings. The van der Waals surface area contributed by atoms with Crippen LogP contribution in [-0.4, -0.2) is 54.7 Å². The van der Waals surface area contributed by atoms with Gasteiger partial charge in [0.05, 0.1) is 10.5 Å². The quantitative estimate of drug-likeness (QED) is 0.512. The molecule has 0 atom stereocenters. The molecule has 0 aliphatic carbocycles. The van der Waals surface area contributed by atoms with Crippen LogP contribution in [0.2, 0.25) is 0 Å². The minimum Gasteiger partial charge on any atom is -0.452 e. The molecule has 0 fully saturated rings. The van der Waals surface area contributed by atoms with Crippen LogP contribution in [0.15, 0.2) is 53.4 Å². The molecule has 0 spiro atoms. The molecule has 7 nitrogen and oxygen atoms in total. The molecule has 2 rings (SSSR count). The van der Waals surface area contributed by atoms with E-state index in [0.29, 0.717) is 6.54 Å². The van der Waals surface area contributed by atoms with Crippen LogP contribution in [0.5, 0.6) is 0 Å². The number of sulfonamides is 1. The molecule has 0 N–H and O–H groups in total. The number of benzene rings is 2. The molecule has 0 unspecified atom stereocenters. The molecule has 0 radical (unpaired) electrons. The number of carbonyl (C=O) groups excluding carboxylic acids is 2. The van der Waals surface area contributed by atoms with Crippen LogP contribution in [-0.2, 0) is 26.1 Å². The maximum Gasteiger partial charge on any atom is 0.341 e. The molecule has 0 aromatic heterocycles. The molecule has 0 heterocycles. The maximum atomic E-state index is 14.3. The Labute approximate surface area is 195 Å². The first kappa shape index (κ1) is 26.5. The average molecular weight is 479 g/mol. The number of amides is 1. The molecule has 0 aliphatic rings. The van der Waals surface area contributed by atoms with Gasteiger partial charge in [0, 0.05) is 25.2 Å². The van der Waals surface area contributed by atoms with Crippen LogP contribution >= 0.6 is 0 Å². The van der Waals surface area contributed by atoms with Gasteiger partial charge in [-0.2, -0.15) is 4.31 Å². The fourth-order valence-corrected chi connectivity index (χ4v) is 4.77. The highest BCUT2D eigenvalue weighted by molar-refractivity contribution is 7.89. The number of hydrogen-bond donors (Lipinski definition) is 0. The van der Waals surface area contributed by atoms with Crippen molar-refractivity contribution in [3.63, 3.8) is 0 Å². The monoisotopic (exact) mass is 478 g/mol. The van der Waals surface area contributed by atoms with Crippen LogP contribution in [0.1, 0.15) is 50.5 Å². The highest BCUT2D eigenvalue weighted by Gasteiger charge is 2.29. The number of esters is 1. The average Bonchev–Trinajstić information content (AvgIpc) is 2.76. The topological polar surface area (TPSA) is 84.0 Å². The zero-order valence-corrected chi connectivity index (χ0v) is 20.5. The first-order chi connectivity index (χ1) is 15.4.